The minimum absolute atomic E-state index is 0.150. The van der Waals surface area contributed by atoms with E-state index in [4.69, 9.17) is 16.3 Å². The van der Waals surface area contributed by atoms with Crippen LogP contribution in [0, 0.1) is 6.92 Å². The Morgan fingerprint density at radius 2 is 2.08 bits per heavy atom. The van der Waals surface area contributed by atoms with Gasteiger partial charge in [0.2, 0.25) is 0 Å². The number of hydrogen-bond acceptors (Lipinski definition) is 6. The van der Waals surface area contributed by atoms with Crippen molar-refractivity contribution in [1.29, 1.82) is 0 Å². The van der Waals surface area contributed by atoms with Crippen LogP contribution < -0.4 is 4.90 Å². The number of ether oxygens (including phenoxy) is 1. The Morgan fingerprint density at radius 3 is 2.73 bits per heavy atom. The summed E-state index contributed by atoms with van der Waals surface area (Å²) in [4.78, 5) is 35.5. The van der Waals surface area contributed by atoms with Crippen LogP contribution in [0.15, 0.2) is 18.3 Å². The number of halogens is 1. The van der Waals surface area contributed by atoms with Crippen molar-refractivity contribution in [3.63, 3.8) is 0 Å². The van der Waals surface area contributed by atoms with Crippen LogP contribution in [0.5, 0.6) is 0 Å². The summed E-state index contributed by atoms with van der Waals surface area (Å²) in [6, 6.07) is 3.30. The standard InChI is InChI=1S/C18H22ClN3O3S/c1-4-6-7-11-22(16(23)13-9-8-10-20-15(13)19)18-21-12(3)14(26-18)17(24)25-5-2/h8-10H,4-7,11H2,1-3H3. The van der Waals surface area contributed by atoms with Gasteiger partial charge < -0.3 is 4.74 Å². The molecule has 1 amide bonds. The van der Waals surface area contributed by atoms with E-state index >= 15 is 0 Å². The van der Waals surface area contributed by atoms with E-state index in [1.165, 1.54) is 6.20 Å². The fourth-order valence-electron chi connectivity index (χ4n) is 2.38. The lowest BCUT2D eigenvalue weighted by Gasteiger charge is -2.20. The van der Waals surface area contributed by atoms with Gasteiger partial charge in [-0.3, -0.25) is 9.69 Å². The second-order valence-corrected chi connectivity index (χ2v) is 6.97. The van der Waals surface area contributed by atoms with E-state index in [2.05, 4.69) is 16.9 Å². The first kappa shape index (κ1) is 20.3. The highest BCUT2D eigenvalue weighted by molar-refractivity contribution is 7.17. The summed E-state index contributed by atoms with van der Waals surface area (Å²) in [6.45, 7) is 6.36. The fraction of sp³-hybridized carbons (Fsp3) is 0.444. The smallest absolute Gasteiger partial charge is 0.350 e. The van der Waals surface area contributed by atoms with Gasteiger partial charge in [-0.2, -0.15) is 0 Å². The van der Waals surface area contributed by atoms with Crippen LogP contribution in [0.25, 0.3) is 0 Å². The summed E-state index contributed by atoms with van der Waals surface area (Å²) in [5, 5.41) is 0.614. The summed E-state index contributed by atoms with van der Waals surface area (Å²) in [5.41, 5.74) is 0.866. The predicted molar refractivity (Wildman–Crippen MR) is 103 cm³/mol. The van der Waals surface area contributed by atoms with Crippen molar-refractivity contribution in [3.8, 4) is 0 Å². The maximum absolute atomic E-state index is 13.0. The van der Waals surface area contributed by atoms with E-state index < -0.39 is 5.97 Å². The van der Waals surface area contributed by atoms with E-state index in [9.17, 15) is 9.59 Å². The molecule has 6 nitrogen and oxygen atoms in total. The summed E-state index contributed by atoms with van der Waals surface area (Å²) in [5.74, 6) is -0.697. The SMILES string of the molecule is CCCCCN(C(=O)c1cccnc1Cl)c1nc(C)c(C(=O)OCC)s1. The molecule has 0 saturated carbocycles. The van der Waals surface area contributed by atoms with Gasteiger partial charge in [0.1, 0.15) is 10.0 Å². The molecular formula is C18H22ClN3O3S. The molecule has 0 N–H and O–H groups in total. The zero-order valence-corrected chi connectivity index (χ0v) is 16.7. The molecule has 26 heavy (non-hydrogen) atoms. The number of carbonyl (C=O) groups is 2. The molecule has 0 saturated heterocycles. The van der Waals surface area contributed by atoms with Crippen LogP contribution in [0.4, 0.5) is 5.13 Å². The van der Waals surface area contributed by atoms with E-state index in [0.717, 1.165) is 30.6 Å². The first-order valence-corrected chi connectivity index (χ1v) is 9.75. The Morgan fingerprint density at radius 1 is 1.31 bits per heavy atom. The van der Waals surface area contributed by atoms with Crippen molar-refractivity contribution in [3.05, 3.63) is 39.6 Å². The van der Waals surface area contributed by atoms with Gasteiger partial charge >= 0.3 is 5.97 Å². The van der Waals surface area contributed by atoms with Crippen molar-refractivity contribution < 1.29 is 14.3 Å². The van der Waals surface area contributed by atoms with Crippen molar-refractivity contribution in [2.45, 2.75) is 40.0 Å². The number of hydrogen-bond donors (Lipinski definition) is 0. The molecule has 0 atom stereocenters. The number of carbonyl (C=O) groups excluding carboxylic acids is 2. The molecule has 2 aromatic rings. The third-order valence-electron chi connectivity index (χ3n) is 3.70. The second-order valence-electron chi connectivity index (χ2n) is 5.64. The number of rotatable bonds is 8. The first-order valence-electron chi connectivity index (χ1n) is 8.56. The molecule has 0 spiro atoms. The molecule has 2 aromatic heterocycles. The predicted octanol–water partition coefficient (Wildman–Crippen LogP) is 4.51. The molecule has 0 unspecified atom stereocenters. The van der Waals surface area contributed by atoms with Crippen LogP contribution in [-0.4, -0.2) is 35.0 Å². The van der Waals surface area contributed by atoms with Gasteiger partial charge in [-0.25, -0.2) is 14.8 Å². The Balaban J connectivity index is 2.36. The molecule has 140 valence electrons. The van der Waals surface area contributed by atoms with E-state index in [-0.39, 0.29) is 17.7 Å². The van der Waals surface area contributed by atoms with Crippen molar-refractivity contribution in [2.24, 2.45) is 0 Å². The quantitative estimate of drug-likeness (QED) is 0.373. The zero-order chi connectivity index (χ0) is 19.1. The molecule has 0 aliphatic heterocycles. The lowest BCUT2D eigenvalue weighted by Crippen LogP contribution is -2.32. The molecule has 2 rings (SSSR count). The molecule has 0 aromatic carbocycles. The van der Waals surface area contributed by atoms with Gasteiger partial charge in [0, 0.05) is 12.7 Å². The van der Waals surface area contributed by atoms with Gasteiger partial charge in [-0.1, -0.05) is 42.7 Å². The monoisotopic (exact) mass is 395 g/mol. The van der Waals surface area contributed by atoms with Gasteiger partial charge in [0.05, 0.1) is 17.9 Å². The number of nitrogens with zero attached hydrogens (tertiary/aromatic N) is 3. The summed E-state index contributed by atoms with van der Waals surface area (Å²) in [6.07, 6.45) is 4.38. The Hall–Kier alpha value is -1.99. The Bertz CT molecular complexity index is 779. The lowest BCUT2D eigenvalue weighted by molar-refractivity contribution is 0.0531. The highest BCUT2D eigenvalue weighted by atomic mass is 35.5. The number of amides is 1. The molecule has 0 aliphatic rings. The van der Waals surface area contributed by atoms with Crippen LogP contribution in [0.2, 0.25) is 5.15 Å². The van der Waals surface area contributed by atoms with E-state index in [1.807, 2.05) is 0 Å². The summed E-state index contributed by atoms with van der Waals surface area (Å²) in [7, 11) is 0. The number of pyridine rings is 1. The summed E-state index contributed by atoms with van der Waals surface area (Å²) >= 11 is 7.25. The van der Waals surface area contributed by atoms with Crippen molar-refractivity contribution in [2.75, 3.05) is 18.1 Å². The molecule has 0 fully saturated rings. The minimum atomic E-state index is -0.422. The molecule has 0 aliphatic carbocycles. The van der Waals surface area contributed by atoms with Crippen LogP contribution in [0.3, 0.4) is 0 Å². The van der Waals surface area contributed by atoms with Gasteiger partial charge in [-0.05, 0) is 32.4 Å². The third kappa shape index (κ3) is 4.80. The highest BCUT2D eigenvalue weighted by Crippen LogP contribution is 2.29. The van der Waals surface area contributed by atoms with Crippen LogP contribution in [0.1, 0.15) is 58.8 Å². The Labute approximate surface area is 162 Å². The summed E-state index contributed by atoms with van der Waals surface area (Å²) < 4.78 is 5.06. The van der Waals surface area contributed by atoms with Crippen molar-refractivity contribution in [1.82, 2.24) is 9.97 Å². The average molecular weight is 396 g/mol. The largest absolute Gasteiger partial charge is 0.462 e. The van der Waals surface area contributed by atoms with Crippen molar-refractivity contribution >= 4 is 39.9 Å². The normalized spacial score (nSPS) is 10.6. The third-order valence-corrected chi connectivity index (χ3v) is 5.16. The van der Waals surface area contributed by atoms with Gasteiger partial charge in [-0.15, -0.1) is 0 Å². The van der Waals surface area contributed by atoms with Crippen LogP contribution >= 0.6 is 22.9 Å². The van der Waals surface area contributed by atoms with Gasteiger partial charge in [0.25, 0.3) is 5.91 Å². The molecule has 8 heteroatoms. The molecule has 2 heterocycles. The maximum atomic E-state index is 13.0. The molecule has 0 radical (unpaired) electrons. The second kappa shape index (κ2) is 9.64. The molecule has 0 bridgehead atoms. The number of unbranched alkanes of at least 4 members (excludes halogenated alkanes) is 2. The topological polar surface area (TPSA) is 72.4 Å². The minimum Gasteiger partial charge on any atom is -0.462 e. The average Bonchev–Trinajstić information content (AvgIpc) is 3.00. The first-order chi connectivity index (χ1) is 12.5. The highest BCUT2D eigenvalue weighted by Gasteiger charge is 2.25. The lowest BCUT2D eigenvalue weighted by atomic mass is 10.2. The van der Waals surface area contributed by atoms with E-state index in [0.29, 0.717) is 27.8 Å². The number of thiazole rings is 1. The maximum Gasteiger partial charge on any atom is 0.350 e. The number of anilines is 1. The number of esters is 1. The van der Waals surface area contributed by atoms with Crippen LogP contribution in [-0.2, 0) is 4.74 Å². The number of aromatic nitrogens is 2. The molecular weight excluding hydrogens is 374 g/mol. The number of aryl methyl sites for hydroxylation is 1. The fourth-order valence-corrected chi connectivity index (χ4v) is 3.56. The van der Waals surface area contributed by atoms with E-state index in [1.54, 1.807) is 30.9 Å². The zero-order valence-electron chi connectivity index (χ0n) is 15.1. The Kier molecular flexibility index (Phi) is 7.53. The van der Waals surface area contributed by atoms with Gasteiger partial charge in [0.15, 0.2) is 5.13 Å².